The summed E-state index contributed by atoms with van der Waals surface area (Å²) in [6.45, 7) is 0. The molecular weight excluding hydrogens is 326 g/mol. The summed E-state index contributed by atoms with van der Waals surface area (Å²) in [5.74, 6) is 0. The van der Waals surface area contributed by atoms with E-state index in [2.05, 4.69) is 14.7 Å². The zero-order valence-electron chi connectivity index (χ0n) is 12.9. The quantitative estimate of drug-likeness (QED) is 0.680. The highest BCUT2D eigenvalue weighted by Gasteiger charge is 2.25. The molecular formula is C17H17N3O3S. The van der Waals surface area contributed by atoms with Gasteiger partial charge in [0.2, 0.25) is 10.0 Å². The van der Waals surface area contributed by atoms with E-state index in [-0.39, 0.29) is 16.6 Å². The zero-order chi connectivity index (χ0) is 16.7. The van der Waals surface area contributed by atoms with Crippen molar-refractivity contribution in [2.24, 2.45) is 0 Å². The lowest BCUT2D eigenvalue weighted by Crippen LogP contribution is -2.31. The number of H-pyrrole nitrogens is 2. The number of benzene rings is 2. The van der Waals surface area contributed by atoms with Gasteiger partial charge in [0.15, 0.2) is 0 Å². The van der Waals surface area contributed by atoms with E-state index in [4.69, 9.17) is 0 Å². The Morgan fingerprint density at radius 3 is 2.71 bits per heavy atom. The second-order valence-electron chi connectivity index (χ2n) is 6.05. The Morgan fingerprint density at radius 1 is 1.04 bits per heavy atom. The first-order chi connectivity index (χ1) is 11.5. The lowest BCUT2D eigenvalue weighted by atomic mass is 9.88. The number of aromatic nitrogens is 2. The summed E-state index contributed by atoms with van der Waals surface area (Å²) in [4.78, 5) is 16.7. The molecule has 1 aromatic heterocycles. The first-order valence-electron chi connectivity index (χ1n) is 7.85. The first-order valence-corrected chi connectivity index (χ1v) is 9.33. The summed E-state index contributed by atoms with van der Waals surface area (Å²) in [7, 11) is -3.67. The van der Waals surface area contributed by atoms with Crippen LogP contribution in [0.3, 0.4) is 0 Å². The average Bonchev–Trinajstić information content (AvgIpc) is 2.94. The number of aryl methyl sites for hydroxylation is 1. The monoisotopic (exact) mass is 343 g/mol. The molecule has 3 N–H and O–H groups in total. The van der Waals surface area contributed by atoms with E-state index in [0.29, 0.717) is 11.0 Å². The van der Waals surface area contributed by atoms with Crippen LogP contribution in [0.25, 0.3) is 11.0 Å². The number of imidazole rings is 1. The minimum Gasteiger partial charge on any atom is -0.306 e. The molecule has 0 bridgehead atoms. The highest BCUT2D eigenvalue weighted by atomic mass is 32.2. The van der Waals surface area contributed by atoms with Crippen molar-refractivity contribution in [2.45, 2.75) is 30.2 Å². The van der Waals surface area contributed by atoms with Crippen LogP contribution >= 0.6 is 0 Å². The van der Waals surface area contributed by atoms with E-state index < -0.39 is 10.0 Å². The Hall–Kier alpha value is -2.38. The van der Waals surface area contributed by atoms with Crippen molar-refractivity contribution in [1.29, 1.82) is 0 Å². The van der Waals surface area contributed by atoms with Gasteiger partial charge < -0.3 is 9.97 Å². The average molecular weight is 343 g/mol. The third kappa shape index (κ3) is 2.65. The van der Waals surface area contributed by atoms with Crippen molar-refractivity contribution in [2.75, 3.05) is 0 Å². The van der Waals surface area contributed by atoms with Gasteiger partial charge in [-0.15, -0.1) is 0 Å². The number of hydrogen-bond donors (Lipinski definition) is 3. The topological polar surface area (TPSA) is 94.8 Å². The number of fused-ring (bicyclic) bond motifs is 2. The molecule has 124 valence electrons. The highest BCUT2D eigenvalue weighted by molar-refractivity contribution is 7.89. The lowest BCUT2D eigenvalue weighted by molar-refractivity contribution is 0.507. The van der Waals surface area contributed by atoms with Crippen molar-refractivity contribution in [3.8, 4) is 0 Å². The second kappa shape index (κ2) is 5.61. The molecule has 0 aliphatic heterocycles. The number of nitrogens with one attached hydrogen (secondary N) is 3. The number of sulfonamides is 1. The fourth-order valence-electron chi connectivity index (χ4n) is 3.31. The second-order valence-corrected chi connectivity index (χ2v) is 7.77. The van der Waals surface area contributed by atoms with Crippen LogP contribution in [0.15, 0.2) is 52.2 Å². The highest BCUT2D eigenvalue weighted by Crippen LogP contribution is 2.31. The standard InChI is InChI=1S/C17H17N3O3S/c21-17-18-15-9-8-12(10-16(15)19-17)24(22,23)20-14-7-3-5-11-4-1-2-6-13(11)14/h1-2,4,6,8-10,14,20H,3,5,7H2,(H2,18,19,21)/t14-/m0/s1. The van der Waals surface area contributed by atoms with Crippen LogP contribution in [-0.4, -0.2) is 18.4 Å². The molecule has 0 saturated carbocycles. The molecule has 1 aliphatic rings. The van der Waals surface area contributed by atoms with Crippen molar-refractivity contribution in [3.63, 3.8) is 0 Å². The number of hydrogen-bond acceptors (Lipinski definition) is 3. The summed E-state index contributed by atoms with van der Waals surface area (Å²) in [6, 6.07) is 12.3. The summed E-state index contributed by atoms with van der Waals surface area (Å²) in [5.41, 5.74) is 2.95. The van der Waals surface area contributed by atoms with Crippen molar-refractivity contribution >= 4 is 21.1 Å². The molecule has 0 unspecified atom stereocenters. The molecule has 1 aliphatic carbocycles. The lowest BCUT2D eigenvalue weighted by Gasteiger charge is -2.26. The van der Waals surface area contributed by atoms with Crippen LogP contribution in [-0.2, 0) is 16.4 Å². The molecule has 0 radical (unpaired) electrons. The molecule has 24 heavy (non-hydrogen) atoms. The third-order valence-corrected chi connectivity index (χ3v) is 5.93. The largest absolute Gasteiger partial charge is 0.323 e. The normalized spacial score (nSPS) is 17.8. The molecule has 1 heterocycles. The Kier molecular flexibility index (Phi) is 3.54. The van der Waals surface area contributed by atoms with Gasteiger partial charge in [-0.25, -0.2) is 17.9 Å². The van der Waals surface area contributed by atoms with Crippen LogP contribution in [0.1, 0.15) is 30.0 Å². The Morgan fingerprint density at radius 2 is 1.83 bits per heavy atom. The van der Waals surface area contributed by atoms with Gasteiger partial charge in [-0.05, 0) is 48.6 Å². The number of aromatic amines is 2. The smallest absolute Gasteiger partial charge is 0.306 e. The van der Waals surface area contributed by atoms with Gasteiger partial charge >= 0.3 is 5.69 Å². The number of rotatable bonds is 3. The maximum atomic E-state index is 12.7. The fraction of sp³-hybridized carbons (Fsp3) is 0.235. The van der Waals surface area contributed by atoms with E-state index >= 15 is 0 Å². The summed E-state index contributed by atoms with van der Waals surface area (Å²) < 4.78 is 28.3. The van der Waals surface area contributed by atoms with Crippen molar-refractivity contribution in [3.05, 3.63) is 64.1 Å². The van der Waals surface area contributed by atoms with Gasteiger partial charge in [0.25, 0.3) is 0 Å². The Bertz CT molecular complexity index is 1070. The predicted octanol–water partition coefficient (Wildman–Crippen LogP) is 2.21. The molecule has 6 nitrogen and oxygen atoms in total. The Balaban J connectivity index is 1.69. The fourth-order valence-corrected chi connectivity index (χ4v) is 4.59. The molecule has 0 spiro atoms. The van der Waals surface area contributed by atoms with Gasteiger partial charge in [0.1, 0.15) is 0 Å². The van der Waals surface area contributed by atoms with Crippen LogP contribution in [0.4, 0.5) is 0 Å². The van der Waals surface area contributed by atoms with Crippen LogP contribution in [0.2, 0.25) is 0 Å². The van der Waals surface area contributed by atoms with E-state index in [1.54, 1.807) is 6.07 Å². The Labute approximate surface area is 139 Å². The summed E-state index contributed by atoms with van der Waals surface area (Å²) in [5, 5.41) is 0. The van der Waals surface area contributed by atoms with Gasteiger partial charge in [0.05, 0.1) is 15.9 Å². The minimum atomic E-state index is -3.67. The van der Waals surface area contributed by atoms with Crippen LogP contribution < -0.4 is 10.4 Å². The van der Waals surface area contributed by atoms with Crippen molar-refractivity contribution < 1.29 is 8.42 Å². The molecule has 0 fully saturated rings. The van der Waals surface area contributed by atoms with Crippen molar-refractivity contribution in [1.82, 2.24) is 14.7 Å². The molecule has 7 heteroatoms. The molecule has 2 aromatic carbocycles. The zero-order valence-corrected chi connectivity index (χ0v) is 13.7. The maximum absolute atomic E-state index is 12.7. The third-order valence-electron chi connectivity index (χ3n) is 4.46. The van der Waals surface area contributed by atoms with E-state index in [1.807, 2.05) is 24.3 Å². The molecule has 3 aromatic rings. The van der Waals surface area contributed by atoms with Crippen LogP contribution in [0, 0.1) is 0 Å². The summed E-state index contributed by atoms with van der Waals surface area (Å²) >= 11 is 0. The molecule has 0 amide bonds. The van der Waals surface area contributed by atoms with E-state index in [9.17, 15) is 13.2 Å². The maximum Gasteiger partial charge on any atom is 0.323 e. The van der Waals surface area contributed by atoms with Gasteiger partial charge in [0, 0.05) is 6.04 Å². The van der Waals surface area contributed by atoms with Gasteiger partial charge in [-0.2, -0.15) is 0 Å². The predicted molar refractivity (Wildman–Crippen MR) is 91.4 cm³/mol. The SMILES string of the molecule is O=c1[nH]c2ccc(S(=O)(=O)N[C@H]3CCCc4ccccc43)cc2[nH]1. The van der Waals surface area contributed by atoms with E-state index in [1.165, 1.54) is 17.7 Å². The van der Waals surface area contributed by atoms with Gasteiger partial charge in [-0.1, -0.05) is 24.3 Å². The molecule has 0 saturated heterocycles. The van der Waals surface area contributed by atoms with Gasteiger partial charge in [-0.3, -0.25) is 0 Å². The first kappa shape index (κ1) is 15.2. The minimum absolute atomic E-state index is 0.147. The molecule has 4 rings (SSSR count). The van der Waals surface area contributed by atoms with E-state index in [0.717, 1.165) is 24.8 Å². The molecule has 1 atom stereocenters. The van der Waals surface area contributed by atoms with Crippen LogP contribution in [0.5, 0.6) is 0 Å². The summed E-state index contributed by atoms with van der Waals surface area (Å²) in [6.07, 6.45) is 2.71.